The van der Waals surface area contributed by atoms with E-state index < -0.39 is 10.0 Å². The molecule has 1 saturated heterocycles. The topological polar surface area (TPSA) is 93.4 Å². The van der Waals surface area contributed by atoms with Gasteiger partial charge in [-0.15, -0.1) is 0 Å². The number of aliphatic hydroxyl groups excluding tert-OH is 1. The first-order chi connectivity index (χ1) is 12.4. The van der Waals surface area contributed by atoms with Gasteiger partial charge in [0.1, 0.15) is 6.07 Å². The van der Waals surface area contributed by atoms with Crippen LogP contribution in [0.4, 0.5) is 5.69 Å². The van der Waals surface area contributed by atoms with E-state index in [1.807, 2.05) is 30.3 Å². The molecule has 1 heterocycles. The highest BCUT2D eigenvalue weighted by atomic mass is 32.2. The molecule has 0 amide bonds. The molecule has 0 aliphatic carbocycles. The maximum Gasteiger partial charge on any atom is 0.251 e. The van der Waals surface area contributed by atoms with E-state index in [0.717, 1.165) is 18.8 Å². The van der Waals surface area contributed by atoms with Crippen LogP contribution >= 0.6 is 0 Å². The summed E-state index contributed by atoms with van der Waals surface area (Å²) in [5.41, 5.74) is 2.25. The monoisotopic (exact) mass is 377 g/mol. The molecule has 0 spiro atoms. The zero-order valence-corrected chi connectivity index (χ0v) is 16.2. The number of hydrogen-bond acceptors (Lipinski definition) is 5. The Bertz CT molecular complexity index is 773. The lowest BCUT2D eigenvalue weighted by Gasteiger charge is -2.28. The van der Waals surface area contributed by atoms with Crippen molar-refractivity contribution in [3.63, 3.8) is 0 Å². The van der Waals surface area contributed by atoms with Gasteiger partial charge in [-0.25, -0.2) is 13.1 Å². The largest absolute Gasteiger partial charge is 0.396 e. The number of nitrogens with zero attached hydrogens (tertiary/aromatic N) is 2. The highest BCUT2D eigenvalue weighted by Crippen LogP contribution is 2.25. The molecule has 6 nitrogen and oxygen atoms in total. The second-order valence-corrected chi connectivity index (χ2v) is 8.50. The van der Waals surface area contributed by atoms with Crippen LogP contribution in [0.3, 0.4) is 0 Å². The van der Waals surface area contributed by atoms with Gasteiger partial charge in [-0.3, -0.25) is 0 Å². The fraction of sp³-hybridized carbons (Fsp3) is 0.526. The van der Waals surface area contributed by atoms with Crippen molar-refractivity contribution in [2.45, 2.75) is 33.1 Å². The molecule has 142 valence electrons. The number of nitrogens with one attached hydrogen (secondary N) is 1. The molecule has 0 radical (unpaired) electrons. The number of allylic oxidation sites excluding steroid dienone is 2. The van der Waals surface area contributed by atoms with Crippen LogP contribution in [-0.2, 0) is 10.0 Å². The van der Waals surface area contributed by atoms with Crippen molar-refractivity contribution in [3.05, 3.63) is 34.7 Å². The summed E-state index contributed by atoms with van der Waals surface area (Å²) in [5, 5.41) is 18.4. The molecule has 2 N–H and O–H groups in total. The lowest BCUT2D eigenvalue weighted by atomic mass is 10.1. The predicted molar refractivity (Wildman–Crippen MR) is 104 cm³/mol. The number of rotatable bonds is 7. The Morgan fingerprint density at radius 3 is 2.42 bits per heavy atom. The molecule has 7 heteroatoms. The number of hydrogen-bond donors (Lipinski definition) is 2. The van der Waals surface area contributed by atoms with E-state index in [0.29, 0.717) is 11.1 Å². The van der Waals surface area contributed by atoms with Gasteiger partial charge in [0.25, 0.3) is 10.0 Å². The highest BCUT2D eigenvalue weighted by Gasteiger charge is 2.22. The average Bonchev–Trinajstić information content (AvgIpc) is 2.67. The minimum absolute atomic E-state index is 0.0885. The molecule has 2 rings (SSSR count). The van der Waals surface area contributed by atoms with Crippen LogP contribution in [0.15, 0.2) is 29.2 Å². The van der Waals surface area contributed by atoms with Crippen molar-refractivity contribution in [2.24, 2.45) is 5.92 Å². The van der Waals surface area contributed by atoms with Crippen LogP contribution in [-0.4, -0.2) is 39.8 Å². The van der Waals surface area contributed by atoms with Gasteiger partial charge in [0.2, 0.25) is 0 Å². The van der Waals surface area contributed by atoms with Crippen LogP contribution in [0, 0.1) is 17.2 Å². The zero-order valence-electron chi connectivity index (χ0n) is 15.4. The fourth-order valence-corrected chi connectivity index (χ4v) is 4.23. The van der Waals surface area contributed by atoms with Crippen molar-refractivity contribution in [2.75, 3.05) is 31.1 Å². The Balaban J connectivity index is 2.22. The molecule has 1 aliphatic heterocycles. The Morgan fingerprint density at radius 1 is 1.27 bits per heavy atom. The van der Waals surface area contributed by atoms with Gasteiger partial charge < -0.3 is 10.0 Å². The summed E-state index contributed by atoms with van der Waals surface area (Å²) >= 11 is 0. The van der Waals surface area contributed by atoms with Crippen LogP contribution in [0.5, 0.6) is 0 Å². The number of piperidine rings is 1. The lowest BCUT2D eigenvalue weighted by molar-refractivity contribution is 0.239. The highest BCUT2D eigenvalue weighted by molar-refractivity contribution is 7.93. The van der Waals surface area contributed by atoms with Crippen LogP contribution in [0.25, 0.3) is 5.57 Å². The van der Waals surface area contributed by atoms with E-state index in [9.17, 15) is 13.7 Å². The number of benzene rings is 1. The van der Waals surface area contributed by atoms with Gasteiger partial charge in [-0.2, -0.15) is 5.26 Å². The Hall–Kier alpha value is -1.88. The maximum atomic E-state index is 12.4. The summed E-state index contributed by atoms with van der Waals surface area (Å²) in [5.74, 6) is -0.214. The third-order valence-electron chi connectivity index (χ3n) is 4.67. The zero-order chi connectivity index (χ0) is 19.2. The predicted octanol–water partition coefficient (Wildman–Crippen LogP) is 2.48. The van der Waals surface area contributed by atoms with Gasteiger partial charge in [-0.05, 0) is 55.4 Å². The molecule has 1 aromatic rings. The number of nitriles is 1. The van der Waals surface area contributed by atoms with Crippen LogP contribution in [0.2, 0.25) is 0 Å². The standard InChI is InChI=1S/C19H27N3O3S/c1-15(14-23)13-21-26(24,25)19(12-20)16(2)17-6-8-18(9-7-17)22-10-4-3-5-11-22/h6-9,15,21,23H,3-5,10-11,13-14H2,1-2H3/b19-16+. The molecular weight excluding hydrogens is 350 g/mol. The number of aliphatic hydroxyl groups is 1. The molecule has 1 aromatic carbocycles. The first kappa shape index (κ1) is 20.4. The van der Waals surface area contributed by atoms with Gasteiger partial charge >= 0.3 is 0 Å². The molecule has 1 fully saturated rings. The summed E-state index contributed by atoms with van der Waals surface area (Å²) in [6.07, 6.45) is 3.65. The van der Waals surface area contributed by atoms with Crippen molar-refractivity contribution in [3.8, 4) is 6.07 Å². The average molecular weight is 378 g/mol. The summed E-state index contributed by atoms with van der Waals surface area (Å²) < 4.78 is 27.3. The van der Waals surface area contributed by atoms with Gasteiger partial charge in [0.15, 0.2) is 4.91 Å². The molecule has 26 heavy (non-hydrogen) atoms. The van der Waals surface area contributed by atoms with Crippen LogP contribution < -0.4 is 9.62 Å². The first-order valence-electron chi connectivity index (χ1n) is 8.96. The van der Waals surface area contributed by atoms with Crippen LogP contribution in [0.1, 0.15) is 38.7 Å². The second-order valence-electron chi connectivity index (χ2n) is 6.80. The maximum absolute atomic E-state index is 12.4. The molecule has 0 bridgehead atoms. The minimum Gasteiger partial charge on any atom is -0.396 e. The van der Waals surface area contributed by atoms with E-state index in [2.05, 4.69) is 9.62 Å². The molecule has 0 aromatic heterocycles. The Kier molecular flexibility index (Phi) is 7.21. The summed E-state index contributed by atoms with van der Waals surface area (Å²) in [4.78, 5) is 2.04. The molecule has 1 aliphatic rings. The Morgan fingerprint density at radius 2 is 1.88 bits per heavy atom. The first-order valence-corrected chi connectivity index (χ1v) is 10.4. The smallest absolute Gasteiger partial charge is 0.251 e. The third kappa shape index (κ3) is 5.07. The molecule has 1 atom stereocenters. The molecular formula is C19H27N3O3S. The molecule has 1 unspecified atom stereocenters. The normalized spacial score (nSPS) is 17.4. The van der Waals surface area contributed by atoms with Crippen molar-refractivity contribution in [1.29, 1.82) is 5.26 Å². The van der Waals surface area contributed by atoms with Crippen molar-refractivity contribution < 1.29 is 13.5 Å². The molecule has 0 saturated carbocycles. The minimum atomic E-state index is -3.91. The Labute approximate surface area is 156 Å². The fourth-order valence-electron chi connectivity index (χ4n) is 2.94. The SMILES string of the molecule is C/C(=C(/C#N)S(=O)(=O)NCC(C)CO)c1ccc(N2CCCCC2)cc1. The van der Waals surface area contributed by atoms with Gasteiger partial charge in [0.05, 0.1) is 0 Å². The van der Waals surface area contributed by atoms with E-state index >= 15 is 0 Å². The second kappa shape index (κ2) is 9.17. The van der Waals surface area contributed by atoms with Gasteiger partial charge in [-0.1, -0.05) is 19.1 Å². The summed E-state index contributed by atoms with van der Waals surface area (Å²) in [6.45, 7) is 5.42. The van der Waals surface area contributed by atoms with E-state index in [1.54, 1.807) is 13.8 Å². The number of anilines is 1. The van der Waals surface area contributed by atoms with E-state index in [4.69, 9.17) is 5.11 Å². The summed E-state index contributed by atoms with van der Waals surface area (Å²) in [6, 6.07) is 9.50. The van der Waals surface area contributed by atoms with E-state index in [-0.39, 0.29) is 24.0 Å². The number of sulfonamides is 1. The van der Waals surface area contributed by atoms with Crippen molar-refractivity contribution in [1.82, 2.24) is 4.72 Å². The lowest BCUT2D eigenvalue weighted by Crippen LogP contribution is -2.30. The quantitative estimate of drug-likeness (QED) is 0.712. The van der Waals surface area contributed by atoms with Crippen molar-refractivity contribution >= 4 is 21.3 Å². The van der Waals surface area contributed by atoms with E-state index in [1.165, 1.54) is 19.3 Å². The van der Waals surface area contributed by atoms with Gasteiger partial charge in [0, 0.05) is 31.9 Å². The summed E-state index contributed by atoms with van der Waals surface area (Å²) in [7, 11) is -3.91. The third-order valence-corrected chi connectivity index (χ3v) is 6.15.